The summed E-state index contributed by atoms with van der Waals surface area (Å²) in [5.74, 6) is -1.48. The quantitative estimate of drug-likeness (QED) is 0.155. The number of aromatic nitrogens is 2. The molecule has 47 heavy (non-hydrogen) atoms. The Morgan fingerprint density at radius 3 is 1.98 bits per heavy atom. The Morgan fingerprint density at radius 1 is 0.787 bits per heavy atom. The summed E-state index contributed by atoms with van der Waals surface area (Å²) in [5, 5.41) is 0.830. The van der Waals surface area contributed by atoms with Crippen LogP contribution < -0.4 is 4.72 Å². The van der Waals surface area contributed by atoms with Crippen LogP contribution in [0.25, 0.3) is 34.5 Å². The minimum Gasteiger partial charge on any atom is -0.326 e. The molecule has 1 aromatic heterocycles. The summed E-state index contributed by atoms with van der Waals surface area (Å²) in [6.45, 7) is 0.264. The number of hydrogen-bond acceptors (Lipinski definition) is 3. The zero-order valence-corrected chi connectivity index (χ0v) is 26.3. The van der Waals surface area contributed by atoms with Crippen molar-refractivity contribution in [2.45, 2.75) is 18.9 Å². The molecule has 0 aliphatic heterocycles. The SMILES string of the molecule is O=S(=O)(CC(F)(F)F)Nc1ccc(Cn2cc(-c3ccc(Cl)cc3Cl)nc2/C=C/c2ccc(-c3ccc(C(F)(F)F)cc3)cc2)cc1. The van der Waals surface area contributed by atoms with Gasteiger partial charge in [-0.2, -0.15) is 26.3 Å². The second-order valence-electron chi connectivity index (χ2n) is 10.4. The van der Waals surface area contributed by atoms with E-state index in [0.29, 0.717) is 38.3 Å². The van der Waals surface area contributed by atoms with Crippen molar-refractivity contribution in [3.8, 4) is 22.4 Å². The van der Waals surface area contributed by atoms with Gasteiger partial charge in [0.05, 0.1) is 16.3 Å². The molecule has 1 heterocycles. The highest BCUT2D eigenvalue weighted by Crippen LogP contribution is 2.32. The van der Waals surface area contributed by atoms with Crippen molar-refractivity contribution in [2.24, 2.45) is 0 Å². The molecule has 5 nitrogen and oxygen atoms in total. The van der Waals surface area contributed by atoms with Crippen molar-refractivity contribution in [2.75, 3.05) is 10.5 Å². The topological polar surface area (TPSA) is 64.0 Å². The average Bonchev–Trinajstić information content (AvgIpc) is 3.37. The van der Waals surface area contributed by atoms with Gasteiger partial charge in [0.25, 0.3) is 0 Å². The molecule has 0 amide bonds. The number of halogens is 8. The third-order valence-corrected chi connectivity index (χ3v) is 8.63. The second kappa shape index (κ2) is 13.5. The Morgan fingerprint density at radius 2 is 1.40 bits per heavy atom. The molecule has 14 heteroatoms. The molecule has 0 saturated heterocycles. The number of alkyl halides is 6. The van der Waals surface area contributed by atoms with Crippen molar-refractivity contribution in [3.05, 3.63) is 130 Å². The zero-order chi connectivity index (χ0) is 34.0. The zero-order valence-electron chi connectivity index (χ0n) is 23.9. The Hall–Kier alpha value is -4.26. The molecule has 0 bridgehead atoms. The van der Waals surface area contributed by atoms with Crippen molar-refractivity contribution in [3.63, 3.8) is 0 Å². The van der Waals surface area contributed by atoms with Crippen LogP contribution in [-0.4, -0.2) is 29.9 Å². The van der Waals surface area contributed by atoms with Gasteiger partial charge in [0.1, 0.15) is 5.82 Å². The number of nitrogens with one attached hydrogen (secondary N) is 1. The van der Waals surface area contributed by atoms with Crippen LogP contribution in [0.5, 0.6) is 0 Å². The summed E-state index contributed by atoms with van der Waals surface area (Å²) >= 11 is 12.5. The maximum atomic E-state index is 12.9. The minimum absolute atomic E-state index is 0.0165. The fourth-order valence-corrected chi connectivity index (χ4v) is 6.14. The Labute approximate surface area is 276 Å². The molecular weight excluding hydrogens is 687 g/mol. The van der Waals surface area contributed by atoms with Crippen LogP contribution in [0.2, 0.25) is 10.0 Å². The minimum atomic E-state index is -4.88. The van der Waals surface area contributed by atoms with Gasteiger partial charge < -0.3 is 4.57 Å². The first-order valence-corrected chi connectivity index (χ1v) is 16.1. The Kier molecular flexibility index (Phi) is 9.76. The summed E-state index contributed by atoms with van der Waals surface area (Å²) in [5.41, 5.74) is 3.28. The third-order valence-electron chi connectivity index (χ3n) is 6.83. The summed E-state index contributed by atoms with van der Waals surface area (Å²) in [7, 11) is -4.63. The summed E-state index contributed by atoms with van der Waals surface area (Å²) in [6, 6.07) is 23.0. The van der Waals surface area contributed by atoms with E-state index in [4.69, 9.17) is 28.2 Å². The van der Waals surface area contributed by atoms with Crippen molar-refractivity contribution >= 4 is 51.1 Å². The van der Waals surface area contributed by atoms with Gasteiger partial charge in [-0.3, -0.25) is 4.72 Å². The predicted molar refractivity (Wildman–Crippen MR) is 172 cm³/mol. The lowest BCUT2D eigenvalue weighted by atomic mass is 10.0. The molecule has 0 aliphatic carbocycles. The molecule has 1 N–H and O–H groups in total. The molecular formula is C33H23Cl2F6N3O2S. The lowest BCUT2D eigenvalue weighted by Gasteiger charge is -2.11. The lowest BCUT2D eigenvalue weighted by molar-refractivity contribution is -0.137. The van der Waals surface area contributed by atoms with E-state index in [1.807, 2.05) is 21.4 Å². The highest BCUT2D eigenvalue weighted by Gasteiger charge is 2.35. The normalized spacial score (nSPS) is 12.5. The number of imidazole rings is 1. The van der Waals surface area contributed by atoms with Gasteiger partial charge in [-0.1, -0.05) is 77.8 Å². The van der Waals surface area contributed by atoms with E-state index in [0.717, 1.165) is 23.3 Å². The monoisotopic (exact) mass is 709 g/mol. The van der Waals surface area contributed by atoms with Gasteiger partial charge in [0.15, 0.2) is 5.75 Å². The molecule has 0 radical (unpaired) electrons. The average molecular weight is 711 g/mol. The van der Waals surface area contributed by atoms with Crippen LogP contribution in [0.1, 0.15) is 22.5 Å². The Balaban J connectivity index is 1.39. The van der Waals surface area contributed by atoms with E-state index in [9.17, 15) is 34.8 Å². The maximum absolute atomic E-state index is 12.9. The molecule has 5 aromatic rings. The van der Waals surface area contributed by atoms with Gasteiger partial charge in [-0.25, -0.2) is 13.4 Å². The first-order chi connectivity index (χ1) is 22.0. The smallest absolute Gasteiger partial charge is 0.326 e. The second-order valence-corrected chi connectivity index (χ2v) is 13.0. The summed E-state index contributed by atoms with van der Waals surface area (Å²) in [4.78, 5) is 4.73. The van der Waals surface area contributed by atoms with Gasteiger partial charge >= 0.3 is 12.4 Å². The molecule has 0 unspecified atom stereocenters. The van der Waals surface area contributed by atoms with Gasteiger partial charge in [-0.05, 0) is 70.8 Å². The fourth-order valence-electron chi connectivity index (χ4n) is 4.63. The highest BCUT2D eigenvalue weighted by atomic mass is 35.5. The van der Waals surface area contributed by atoms with Crippen LogP contribution in [0.4, 0.5) is 32.0 Å². The Bertz CT molecular complexity index is 2010. The third kappa shape index (κ3) is 9.18. The van der Waals surface area contributed by atoms with Crippen LogP contribution in [0.3, 0.4) is 0 Å². The molecule has 5 rings (SSSR count). The summed E-state index contributed by atoms with van der Waals surface area (Å²) < 4.78 is 104. The standard InChI is InChI=1S/C33H23Cl2F6N3O2S/c34-26-12-15-28(29(35)17-26)30-19-44(18-22-3-13-27(14-4-22)43-47(45,46)20-32(36,37)38)31(42-30)16-5-21-1-6-23(7-2-21)24-8-10-25(11-9-24)33(39,40)41/h1-17,19,43H,18,20H2/b16-5+. The van der Waals surface area contributed by atoms with Crippen LogP contribution in [0, 0.1) is 0 Å². The summed E-state index contributed by atoms with van der Waals surface area (Å²) in [6.07, 6.45) is -3.96. The van der Waals surface area contributed by atoms with Crippen molar-refractivity contribution < 1.29 is 34.8 Å². The van der Waals surface area contributed by atoms with E-state index in [1.165, 1.54) is 24.3 Å². The van der Waals surface area contributed by atoms with E-state index in [-0.39, 0.29) is 12.2 Å². The first-order valence-electron chi connectivity index (χ1n) is 13.7. The largest absolute Gasteiger partial charge is 0.416 e. The molecule has 0 spiro atoms. The van der Waals surface area contributed by atoms with E-state index in [1.54, 1.807) is 60.8 Å². The first kappa shape index (κ1) is 34.1. The van der Waals surface area contributed by atoms with Crippen molar-refractivity contribution in [1.29, 1.82) is 0 Å². The van der Waals surface area contributed by atoms with Crippen LogP contribution in [0.15, 0.2) is 97.2 Å². The number of sulfonamides is 1. The van der Waals surface area contributed by atoms with E-state index < -0.39 is 33.7 Å². The highest BCUT2D eigenvalue weighted by molar-refractivity contribution is 7.92. The van der Waals surface area contributed by atoms with Gasteiger partial charge in [0, 0.05) is 29.0 Å². The molecule has 244 valence electrons. The number of rotatable bonds is 9. The van der Waals surface area contributed by atoms with Gasteiger partial charge in [0.2, 0.25) is 10.0 Å². The molecule has 0 saturated carbocycles. The number of anilines is 1. The van der Waals surface area contributed by atoms with Crippen molar-refractivity contribution in [1.82, 2.24) is 9.55 Å². The van der Waals surface area contributed by atoms with Crippen LogP contribution >= 0.6 is 23.2 Å². The molecule has 0 fully saturated rings. The predicted octanol–water partition coefficient (Wildman–Crippen LogP) is 10.1. The molecule has 0 aliphatic rings. The molecule has 0 atom stereocenters. The lowest BCUT2D eigenvalue weighted by Crippen LogP contribution is -2.27. The number of hydrogen-bond donors (Lipinski definition) is 1. The maximum Gasteiger partial charge on any atom is 0.416 e. The van der Waals surface area contributed by atoms with E-state index in [2.05, 4.69) is 0 Å². The van der Waals surface area contributed by atoms with Gasteiger partial charge in [-0.15, -0.1) is 0 Å². The van der Waals surface area contributed by atoms with E-state index >= 15 is 0 Å². The fraction of sp³-hybridized carbons (Fsp3) is 0.121. The number of nitrogens with zero attached hydrogens (tertiary/aromatic N) is 2. The number of benzene rings is 4. The van der Waals surface area contributed by atoms with Crippen LogP contribution in [-0.2, 0) is 22.7 Å². The molecule has 4 aromatic carbocycles.